The maximum atomic E-state index is 10.5. The predicted octanol–water partition coefficient (Wildman–Crippen LogP) is 1.18. The molecular formula is C6H8O2S. The van der Waals surface area contributed by atoms with Crippen LogP contribution in [0.5, 0.6) is 0 Å². The number of cyclic esters (lactones) is 1. The van der Waals surface area contributed by atoms with Crippen molar-refractivity contribution in [3.8, 4) is 0 Å². The summed E-state index contributed by atoms with van der Waals surface area (Å²) in [4.78, 5) is 10.5. The average Bonchev–Trinajstić information content (AvgIpc) is 1.79. The Morgan fingerprint density at radius 3 is 3.33 bits per heavy atom. The summed E-state index contributed by atoms with van der Waals surface area (Å²) in [5.74, 6) is 1.33. The van der Waals surface area contributed by atoms with Crippen molar-refractivity contribution in [1.82, 2.24) is 0 Å². The molecule has 0 atom stereocenters. The van der Waals surface area contributed by atoms with Gasteiger partial charge in [-0.05, 0) is 0 Å². The summed E-state index contributed by atoms with van der Waals surface area (Å²) in [6, 6.07) is 0. The number of carbonyl (C=O) groups is 1. The zero-order valence-corrected chi connectivity index (χ0v) is 5.82. The van der Waals surface area contributed by atoms with Crippen LogP contribution in [0, 0.1) is 0 Å². The normalized spacial score (nSPS) is 23.8. The van der Waals surface area contributed by atoms with Gasteiger partial charge in [-0.1, -0.05) is 12.2 Å². The molecule has 9 heavy (non-hydrogen) atoms. The fourth-order valence-corrected chi connectivity index (χ4v) is 1.11. The molecule has 0 bridgehead atoms. The lowest BCUT2D eigenvalue weighted by molar-refractivity contribution is -0.140. The van der Waals surface area contributed by atoms with E-state index in [1.54, 1.807) is 11.8 Å². The van der Waals surface area contributed by atoms with Crippen molar-refractivity contribution in [3.05, 3.63) is 12.2 Å². The van der Waals surface area contributed by atoms with Gasteiger partial charge in [0.15, 0.2) is 0 Å². The quantitative estimate of drug-likeness (QED) is 0.377. The standard InChI is InChI=1S/C6H8O2S/c7-6-3-1-2-4-9-5-8-6/h1-2H,3-5H2/b2-1-. The number of esters is 1. The molecule has 0 aliphatic carbocycles. The number of carbonyl (C=O) groups excluding carboxylic acids is 1. The van der Waals surface area contributed by atoms with Gasteiger partial charge in [-0.2, -0.15) is 0 Å². The Morgan fingerprint density at radius 2 is 2.44 bits per heavy atom. The molecule has 1 rings (SSSR count). The van der Waals surface area contributed by atoms with Crippen LogP contribution < -0.4 is 0 Å². The van der Waals surface area contributed by atoms with Gasteiger partial charge in [0.1, 0.15) is 5.94 Å². The van der Waals surface area contributed by atoms with Crippen LogP contribution in [0.4, 0.5) is 0 Å². The molecule has 50 valence electrons. The minimum Gasteiger partial charge on any atom is -0.454 e. The minimum absolute atomic E-state index is 0.126. The van der Waals surface area contributed by atoms with Crippen LogP contribution in [0.25, 0.3) is 0 Å². The Labute approximate surface area is 58.3 Å². The van der Waals surface area contributed by atoms with Crippen LogP contribution in [-0.2, 0) is 9.53 Å². The van der Waals surface area contributed by atoms with Gasteiger partial charge in [-0.15, -0.1) is 11.8 Å². The van der Waals surface area contributed by atoms with Crippen molar-refractivity contribution in [2.75, 3.05) is 11.7 Å². The largest absolute Gasteiger partial charge is 0.454 e. The van der Waals surface area contributed by atoms with E-state index in [2.05, 4.69) is 0 Å². The maximum absolute atomic E-state index is 10.5. The molecule has 0 spiro atoms. The lowest BCUT2D eigenvalue weighted by Crippen LogP contribution is -2.03. The van der Waals surface area contributed by atoms with Gasteiger partial charge in [0.25, 0.3) is 0 Å². The topological polar surface area (TPSA) is 26.3 Å². The van der Waals surface area contributed by atoms with Crippen molar-refractivity contribution in [3.63, 3.8) is 0 Å². The van der Waals surface area contributed by atoms with Gasteiger partial charge >= 0.3 is 5.97 Å². The van der Waals surface area contributed by atoms with Gasteiger partial charge in [0, 0.05) is 5.75 Å². The smallest absolute Gasteiger partial charge is 0.310 e. The zero-order valence-electron chi connectivity index (χ0n) is 5.00. The molecule has 1 aliphatic heterocycles. The highest BCUT2D eigenvalue weighted by Crippen LogP contribution is 2.05. The predicted molar refractivity (Wildman–Crippen MR) is 37.2 cm³/mol. The summed E-state index contributed by atoms with van der Waals surface area (Å²) >= 11 is 1.60. The molecule has 0 amide bonds. The van der Waals surface area contributed by atoms with E-state index in [9.17, 15) is 4.79 Å². The highest BCUT2D eigenvalue weighted by Gasteiger charge is 2.00. The molecule has 0 fully saturated rings. The lowest BCUT2D eigenvalue weighted by atomic mass is 10.4. The summed E-state index contributed by atoms with van der Waals surface area (Å²) in [5, 5.41) is 0. The van der Waals surface area contributed by atoms with Crippen molar-refractivity contribution in [2.45, 2.75) is 6.42 Å². The van der Waals surface area contributed by atoms with Crippen LogP contribution >= 0.6 is 11.8 Å². The van der Waals surface area contributed by atoms with E-state index in [0.29, 0.717) is 12.4 Å². The number of thioether (sulfide) groups is 1. The van der Waals surface area contributed by atoms with E-state index in [1.165, 1.54) is 0 Å². The van der Waals surface area contributed by atoms with Crippen LogP contribution in [-0.4, -0.2) is 17.7 Å². The maximum Gasteiger partial charge on any atom is 0.310 e. The van der Waals surface area contributed by atoms with Crippen molar-refractivity contribution < 1.29 is 9.53 Å². The Balaban J connectivity index is 2.37. The third-order valence-electron chi connectivity index (χ3n) is 0.969. The second-order valence-corrected chi connectivity index (χ2v) is 2.66. The van der Waals surface area contributed by atoms with Gasteiger partial charge in [-0.25, -0.2) is 0 Å². The van der Waals surface area contributed by atoms with Crippen LogP contribution in [0.1, 0.15) is 6.42 Å². The first-order valence-corrected chi connectivity index (χ1v) is 3.93. The van der Waals surface area contributed by atoms with Crippen LogP contribution in [0.3, 0.4) is 0 Å². The van der Waals surface area contributed by atoms with Crippen LogP contribution in [0.2, 0.25) is 0 Å². The Hall–Kier alpha value is -0.440. The summed E-state index contributed by atoms with van der Waals surface area (Å²) in [7, 11) is 0. The molecular weight excluding hydrogens is 136 g/mol. The zero-order chi connectivity index (χ0) is 6.53. The van der Waals surface area contributed by atoms with Crippen LogP contribution in [0.15, 0.2) is 12.2 Å². The molecule has 1 heterocycles. The molecule has 0 aromatic carbocycles. The van der Waals surface area contributed by atoms with Gasteiger partial charge in [0.2, 0.25) is 0 Å². The Kier molecular flexibility index (Phi) is 2.64. The second kappa shape index (κ2) is 3.56. The third kappa shape index (κ3) is 2.56. The number of hydrogen-bond acceptors (Lipinski definition) is 3. The van der Waals surface area contributed by atoms with E-state index in [0.717, 1.165) is 5.75 Å². The number of rotatable bonds is 0. The van der Waals surface area contributed by atoms with Crippen molar-refractivity contribution >= 4 is 17.7 Å². The summed E-state index contributed by atoms with van der Waals surface area (Å²) in [6.07, 6.45) is 4.26. The SMILES string of the molecule is O=C1C/C=C\CSCO1. The molecule has 0 radical (unpaired) electrons. The Morgan fingerprint density at radius 1 is 1.56 bits per heavy atom. The molecule has 0 saturated carbocycles. The first kappa shape index (κ1) is 6.68. The molecule has 0 aromatic heterocycles. The monoisotopic (exact) mass is 144 g/mol. The fourth-order valence-electron chi connectivity index (χ4n) is 0.530. The molecule has 0 saturated heterocycles. The summed E-state index contributed by atoms with van der Waals surface area (Å²) in [6.45, 7) is 0. The average molecular weight is 144 g/mol. The summed E-state index contributed by atoms with van der Waals surface area (Å²) < 4.78 is 4.76. The Bertz CT molecular complexity index is 131. The highest BCUT2D eigenvalue weighted by molar-refractivity contribution is 7.99. The van der Waals surface area contributed by atoms with Crippen molar-refractivity contribution in [1.29, 1.82) is 0 Å². The second-order valence-electron chi connectivity index (χ2n) is 1.68. The molecule has 0 aromatic rings. The molecule has 2 nitrogen and oxygen atoms in total. The molecule has 3 heteroatoms. The molecule has 0 unspecified atom stereocenters. The molecule has 1 aliphatic rings. The minimum atomic E-state index is -0.126. The summed E-state index contributed by atoms with van der Waals surface area (Å²) in [5.41, 5.74) is 0. The fraction of sp³-hybridized carbons (Fsp3) is 0.500. The van der Waals surface area contributed by atoms with E-state index in [4.69, 9.17) is 4.74 Å². The van der Waals surface area contributed by atoms with Crippen molar-refractivity contribution in [2.24, 2.45) is 0 Å². The van der Waals surface area contributed by atoms with Gasteiger partial charge in [-0.3, -0.25) is 4.79 Å². The van der Waals surface area contributed by atoms with E-state index in [-0.39, 0.29) is 5.97 Å². The number of hydrogen-bond donors (Lipinski definition) is 0. The number of ether oxygens (including phenoxy) is 1. The first-order chi connectivity index (χ1) is 4.39. The lowest BCUT2D eigenvalue weighted by Gasteiger charge is -2.03. The van der Waals surface area contributed by atoms with Gasteiger partial charge in [0.05, 0.1) is 6.42 Å². The van der Waals surface area contributed by atoms with E-state index >= 15 is 0 Å². The highest BCUT2D eigenvalue weighted by atomic mass is 32.2. The van der Waals surface area contributed by atoms with E-state index < -0.39 is 0 Å². The first-order valence-electron chi connectivity index (χ1n) is 2.78. The van der Waals surface area contributed by atoms with Gasteiger partial charge < -0.3 is 4.74 Å². The van der Waals surface area contributed by atoms with E-state index in [1.807, 2.05) is 12.2 Å². The molecule has 0 N–H and O–H groups in total. The third-order valence-corrected chi connectivity index (χ3v) is 1.68.